The molecule has 6 nitrogen and oxygen atoms in total. The van der Waals surface area contributed by atoms with Crippen molar-refractivity contribution in [1.29, 1.82) is 0 Å². The van der Waals surface area contributed by atoms with Crippen LogP contribution in [0, 0.1) is 0 Å². The Bertz CT molecular complexity index is 464. The van der Waals surface area contributed by atoms with Crippen LogP contribution in [0.1, 0.15) is 6.92 Å². The fourth-order valence-electron chi connectivity index (χ4n) is 1.91. The fraction of sp³-hybridized carbons (Fsp3) is 0.462. The first-order valence-corrected chi connectivity index (χ1v) is 7.31. The number of morpholine rings is 1. The van der Waals surface area contributed by atoms with Crippen molar-refractivity contribution in [2.24, 2.45) is 0 Å². The molecule has 2 rings (SSSR count). The number of anilines is 2. The van der Waals surface area contributed by atoms with Crippen LogP contribution in [0.15, 0.2) is 22.7 Å². The minimum absolute atomic E-state index is 0.397. The molecule has 1 saturated heterocycles. The summed E-state index contributed by atoms with van der Waals surface area (Å²) in [5.74, 6) is 0. The summed E-state index contributed by atoms with van der Waals surface area (Å²) >= 11 is 3.42. The number of nitrogens with one attached hydrogen (secondary N) is 2. The van der Waals surface area contributed by atoms with Crippen molar-refractivity contribution < 1.29 is 14.4 Å². The average molecular weight is 344 g/mol. The highest BCUT2D eigenvalue weighted by Gasteiger charge is 2.13. The lowest BCUT2D eigenvalue weighted by Gasteiger charge is -2.29. The molecule has 1 aliphatic heterocycles. The Hall–Kier alpha value is -1.31. The number of rotatable bonds is 4. The number of hydrogen-bond donors (Lipinski definition) is 2. The van der Waals surface area contributed by atoms with Crippen LogP contribution in [-0.4, -0.2) is 38.9 Å². The molecule has 1 aromatic carbocycles. The van der Waals surface area contributed by atoms with Crippen LogP contribution in [-0.2, 0) is 9.57 Å². The second-order valence-corrected chi connectivity index (χ2v) is 5.11. The standard InChI is InChI=1S/C13H18BrN3O3/c1-2-20-16-13(18)15-12-9-10(3-4-11(12)14)17-5-7-19-8-6-17/h3-4,9H,2,5-8H2,1H3,(H2,15,16,18). The van der Waals surface area contributed by atoms with Gasteiger partial charge in [-0.25, -0.2) is 10.3 Å². The van der Waals surface area contributed by atoms with Crippen molar-refractivity contribution in [3.05, 3.63) is 22.7 Å². The van der Waals surface area contributed by atoms with E-state index in [1.165, 1.54) is 0 Å². The molecule has 7 heteroatoms. The van der Waals surface area contributed by atoms with Crippen LogP contribution in [0.3, 0.4) is 0 Å². The topological polar surface area (TPSA) is 62.8 Å². The van der Waals surface area contributed by atoms with E-state index < -0.39 is 6.03 Å². The lowest BCUT2D eigenvalue weighted by Crippen LogP contribution is -2.36. The molecule has 0 spiro atoms. The quantitative estimate of drug-likeness (QED) is 0.824. The van der Waals surface area contributed by atoms with Gasteiger partial charge in [-0.15, -0.1) is 0 Å². The molecule has 0 aliphatic carbocycles. The summed E-state index contributed by atoms with van der Waals surface area (Å²) in [4.78, 5) is 18.7. The number of ether oxygens (including phenoxy) is 1. The van der Waals surface area contributed by atoms with Gasteiger partial charge in [0.1, 0.15) is 0 Å². The van der Waals surface area contributed by atoms with Gasteiger partial charge in [-0.05, 0) is 41.1 Å². The highest BCUT2D eigenvalue weighted by molar-refractivity contribution is 9.10. The Balaban J connectivity index is 2.05. The van der Waals surface area contributed by atoms with E-state index in [1.807, 2.05) is 18.2 Å². The minimum atomic E-state index is -0.397. The molecule has 2 N–H and O–H groups in total. The molecule has 0 bridgehead atoms. The Morgan fingerprint density at radius 3 is 2.90 bits per heavy atom. The first-order valence-electron chi connectivity index (χ1n) is 6.51. The van der Waals surface area contributed by atoms with E-state index >= 15 is 0 Å². The van der Waals surface area contributed by atoms with E-state index in [1.54, 1.807) is 6.92 Å². The summed E-state index contributed by atoms with van der Waals surface area (Å²) in [5.41, 5.74) is 4.06. The molecule has 0 aromatic heterocycles. The van der Waals surface area contributed by atoms with Crippen molar-refractivity contribution in [1.82, 2.24) is 5.48 Å². The van der Waals surface area contributed by atoms with Crippen LogP contribution in [0.25, 0.3) is 0 Å². The molecular formula is C13H18BrN3O3. The van der Waals surface area contributed by atoms with Crippen molar-refractivity contribution in [3.8, 4) is 0 Å². The van der Waals surface area contributed by atoms with Crippen LogP contribution < -0.4 is 15.7 Å². The third kappa shape index (κ3) is 4.09. The zero-order valence-corrected chi connectivity index (χ0v) is 12.9. The van der Waals surface area contributed by atoms with E-state index in [9.17, 15) is 4.79 Å². The number of carbonyl (C=O) groups excluding carboxylic acids is 1. The van der Waals surface area contributed by atoms with E-state index in [4.69, 9.17) is 9.57 Å². The van der Waals surface area contributed by atoms with Crippen LogP contribution >= 0.6 is 15.9 Å². The molecule has 1 aromatic rings. The average Bonchev–Trinajstić information content (AvgIpc) is 2.48. The first-order chi connectivity index (χ1) is 9.70. The van der Waals surface area contributed by atoms with Gasteiger partial charge in [0.25, 0.3) is 0 Å². The molecule has 1 aliphatic rings. The molecule has 0 atom stereocenters. The zero-order valence-electron chi connectivity index (χ0n) is 11.3. The summed E-state index contributed by atoms with van der Waals surface area (Å²) in [6, 6.07) is 5.47. The molecule has 20 heavy (non-hydrogen) atoms. The summed E-state index contributed by atoms with van der Waals surface area (Å²) in [7, 11) is 0. The van der Waals surface area contributed by atoms with Crippen molar-refractivity contribution >= 4 is 33.3 Å². The number of halogens is 1. The number of amides is 2. The lowest BCUT2D eigenvalue weighted by molar-refractivity contribution is 0.0758. The Labute approximate surface area is 126 Å². The number of hydrogen-bond acceptors (Lipinski definition) is 4. The second kappa shape index (κ2) is 7.47. The van der Waals surface area contributed by atoms with E-state index in [2.05, 4.69) is 31.6 Å². The third-order valence-electron chi connectivity index (χ3n) is 2.88. The van der Waals surface area contributed by atoms with Crippen molar-refractivity contribution in [3.63, 3.8) is 0 Å². The fourth-order valence-corrected chi connectivity index (χ4v) is 2.26. The number of carbonyl (C=O) groups is 1. The smallest absolute Gasteiger partial charge is 0.343 e. The number of benzene rings is 1. The largest absolute Gasteiger partial charge is 0.378 e. The maximum Gasteiger partial charge on any atom is 0.343 e. The predicted molar refractivity (Wildman–Crippen MR) is 81.0 cm³/mol. The minimum Gasteiger partial charge on any atom is -0.378 e. The maximum atomic E-state index is 11.6. The van der Waals surface area contributed by atoms with Gasteiger partial charge >= 0.3 is 6.03 Å². The van der Waals surface area contributed by atoms with Crippen LogP contribution in [0.2, 0.25) is 0 Å². The molecule has 2 amide bonds. The summed E-state index contributed by atoms with van der Waals surface area (Å²) < 4.78 is 6.16. The van der Waals surface area contributed by atoms with Crippen molar-refractivity contribution in [2.45, 2.75) is 6.92 Å². The molecular weight excluding hydrogens is 326 g/mol. The number of nitrogens with zero attached hydrogens (tertiary/aromatic N) is 1. The van der Waals surface area contributed by atoms with Crippen LogP contribution in [0.5, 0.6) is 0 Å². The number of urea groups is 1. The first kappa shape index (κ1) is 15.1. The van der Waals surface area contributed by atoms with Gasteiger partial charge in [0.15, 0.2) is 0 Å². The SMILES string of the molecule is CCONC(=O)Nc1cc(N2CCOCC2)ccc1Br. The van der Waals surface area contributed by atoms with Gasteiger partial charge in [0, 0.05) is 23.2 Å². The highest BCUT2D eigenvalue weighted by atomic mass is 79.9. The zero-order chi connectivity index (χ0) is 14.4. The Morgan fingerprint density at radius 1 is 1.45 bits per heavy atom. The third-order valence-corrected chi connectivity index (χ3v) is 3.58. The monoisotopic (exact) mass is 343 g/mol. The molecule has 0 radical (unpaired) electrons. The van der Waals surface area contributed by atoms with Gasteiger partial charge in [0.2, 0.25) is 0 Å². The van der Waals surface area contributed by atoms with Gasteiger partial charge < -0.3 is 15.0 Å². The van der Waals surface area contributed by atoms with Gasteiger partial charge in [-0.1, -0.05) is 0 Å². The number of hydroxylamine groups is 1. The summed E-state index contributed by atoms with van der Waals surface area (Å²) in [6.45, 7) is 5.38. The maximum absolute atomic E-state index is 11.6. The molecule has 110 valence electrons. The van der Waals surface area contributed by atoms with E-state index in [0.717, 1.165) is 36.5 Å². The van der Waals surface area contributed by atoms with Gasteiger partial charge in [0.05, 0.1) is 25.5 Å². The van der Waals surface area contributed by atoms with E-state index in [-0.39, 0.29) is 0 Å². The van der Waals surface area contributed by atoms with Gasteiger partial charge in [-0.2, -0.15) is 0 Å². The molecule has 0 saturated carbocycles. The van der Waals surface area contributed by atoms with Crippen LogP contribution in [0.4, 0.5) is 16.2 Å². The Kier molecular flexibility index (Phi) is 5.63. The predicted octanol–water partition coefficient (Wildman–Crippen LogP) is 2.36. The normalized spacial score (nSPS) is 15.0. The Morgan fingerprint density at radius 2 is 2.20 bits per heavy atom. The van der Waals surface area contributed by atoms with Gasteiger partial charge in [-0.3, -0.25) is 4.84 Å². The lowest BCUT2D eigenvalue weighted by atomic mass is 10.2. The second-order valence-electron chi connectivity index (χ2n) is 4.25. The molecule has 1 fully saturated rings. The van der Waals surface area contributed by atoms with Crippen molar-refractivity contribution in [2.75, 3.05) is 43.1 Å². The summed E-state index contributed by atoms with van der Waals surface area (Å²) in [5, 5.41) is 2.74. The molecule has 0 unspecified atom stereocenters. The summed E-state index contributed by atoms with van der Waals surface area (Å²) in [6.07, 6.45) is 0. The molecule has 1 heterocycles. The van der Waals surface area contributed by atoms with E-state index in [0.29, 0.717) is 12.3 Å². The highest BCUT2D eigenvalue weighted by Crippen LogP contribution is 2.28.